The summed E-state index contributed by atoms with van der Waals surface area (Å²) in [5.41, 5.74) is 1.27. The summed E-state index contributed by atoms with van der Waals surface area (Å²) < 4.78 is 27.2. The SMILES string of the molecule is Cc1ccc(Cl)cc1N(CC(=O)N(Cc1cccc(Br)c1)C(C)C(=O)NC(C)(C)C)S(C)(=O)=O. The van der Waals surface area contributed by atoms with Gasteiger partial charge in [0.05, 0.1) is 11.9 Å². The van der Waals surface area contributed by atoms with Crippen LogP contribution >= 0.6 is 27.5 Å². The topological polar surface area (TPSA) is 86.8 Å². The molecule has 2 aromatic carbocycles. The molecule has 0 spiro atoms. The van der Waals surface area contributed by atoms with Gasteiger partial charge in [0, 0.05) is 21.6 Å². The van der Waals surface area contributed by atoms with Crippen molar-refractivity contribution in [3.05, 3.63) is 63.1 Å². The second-order valence-corrected chi connectivity index (χ2v) is 12.5. The number of nitrogens with one attached hydrogen (secondary N) is 1. The first-order valence-corrected chi connectivity index (χ1v) is 13.7. The van der Waals surface area contributed by atoms with E-state index in [4.69, 9.17) is 11.6 Å². The van der Waals surface area contributed by atoms with Crippen molar-refractivity contribution in [3.8, 4) is 0 Å². The Morgan fingerprint density at radius 1 is 1.15 bits per heavy atom. The van der Waals surface area contributed by atoms with Crippen molar-refractivity contribution in [2.45, 2.75) is 52.7 Å². The molecule has 0 fully saturated rings. The average molecular weight is 573 g/mol. The van der Waals surface area contributed by atoms with E-state index >= 15 is 0 Å². The molecular weight excluding hydrogens is 542 g/mol. The lowest BCUT2D eigenvalue weighted by atomic mass is 10.1. The normalized spacial score (nSPS) is 12.7. The van der Waals surface area contributed by atoms with Crippen LogP contribution in [-0.2, 0) is 26.2 Å². The lowest BCUT2D eigenvalue weighted by Crippen LogP contribution is -2.54. The van der Waals surface area contributed by atoms with E-state index in [1.165, 1.54) is 11.0 Å². The molecule has 0 saturated heterocycles. The largest absolute Gasteiger partial charge is 0.350 e. The third-order valence-corrected chi connectivity index (χ3v) is 6.88. The van der Waals surface area contributed by atoms with Crippen LogP contribution in [0.1, 0.15) is 38.8 Å². The summed E-state index contributed by atoms with van der Waals surface area (Å²) in [6.07, 6.45) is 1.04. The fourth-order valence-corrected chi connectivity index (χ4v) is 4.85. The number of carbonyl (C=O) groups is 2. The molecule has 2 amide bonds. The molecule has 2 rings (SSSR count). The molecule has 0 bridgehead atoms. The van der Waals surface area contributed by atoms with E-state index in [2.05, 4.69) is 21.2 Å². The van der Waals surface area contributed by atoms with Crippen LogP contribution < -0.4 is 9.62 Å². The number of amides is 2. The Bertz CT molecular complexity index is 1170. The lowest BCUT2D eigenvalue weighted by Gasteiger charge is -2.33. The Balaban J connectivity index is 2.45. The Morgan fingerprint density at radius 3 is 2.35 bits per heavy atom. The molecule has 186 valence electrons. The monoisotopic (exact) mass is 571 g/mol. The molecular formula is C24H31BrClN3O4S. The van der Waals surface area contributed by atoms with Crippen molar-refractivity contribution in [1.82, 2.24) is 10.2 Å². The van der Waals surface area contributed by atoms with Crippen molar-refractivity contribution in [3.63, 3.8) is 0 Å². The first kappa shape index (κ1) is 28.1. The number of benzene rings is 2. The van der Waals surface area contributed by atoms with Crippen molar-refractivity contribution in [2.24, 2.45) is 0 Å². The van der Waals surface area contributed by atoms with Crippen molar-refractivity contribution in [2.75, 3.05) is 17.1 Å². The van der Waals surface area contributed by atoms with Crippen molar-refractivity contribution < 1.29 is 18.0 Å². The first-order valence-electron chi connectivity index (χ1n) is 10.7. The van der Waals surface area contributed by atoms with Gasteiger partial charge in [0.1, 0.15) is 12.6 Å². The summed E-state index contributed by atoms with van der Waals surface area (Å²) >= 11 is 9.54. The molecule has 1 N–H and O–H groups in total. The quantitative estimate of drug-likeness (QED) is 0.504. The second kappa shape index (κ2) is 11.1. The van der Waals surface area contributed by atoms with Crippen molar-refractivity contribution >= 4 is 55.1 Å². The lowest BCUT2D eigenvalue weighted by molar-refractivity contribution is -0.140. The molecule has 0 saturated carbocycles. The molecule has 0 aliphatic heterocycles. The van der Waals surface area contributed by atoms with Gasteiger partial charge in [-0.2, -0.15) is 0 Å². The molecule has 0 heterocycles. The van der Waals surface area contributed by atoms with E-state index in [9.17, 15) is 18.0 Å². The van der Waals surface area contributed by atoms with Gasteiger partial charge in [0.25, 0.3) is 0 Å². The predicted octanol–water partition coefficient (Wildman–Crippen LogP) is 4.51. The van der Waals surface area contributed by atoms with Gasteiger partial charge in [-0.25, -0.2) is 8.42 Å². The van der Waals surface area contributed by atoms with E-state index in [0.29, 0.717) is 16.3 Å². The van der Waals surface area contributed by atoms with E-state index in [1.807, 2.05) is 45.0 Å². The molecule has 0 aliphatic rings. The van der Waals surface area contributed by atoms with Gasteiger partial charge < -0.3 is 10.2 Å². The number of hydrogen-bond acceptors (Lipinski definition) is 4. The zero-order valence-electron chi connectivity index (χ0n) is 20.2. The van der Waals surface area contributed by atoms with Crippen molar-refractivity contribution in [1.29, 1.82) is 0 Å². The van der Waals surface area contributed by atoms with Gasteiger partial charge >= 0.3 is 0 Å². The highest BCUT2D eigenvalue weighted by Gasteiger charge is 2.31. The number of rotatable bonds is 8. The molecule has 7 nitrogen and oxygen atoms in total. The third kappa shape index (κ3) is 7.99. The van der Waals surface area contributed by atoms with Gasteiger partial charge in [0.15, 0.2) is 0 Å². The highest BCUT2D eigenvalue weighted by molar-refractivity contribution is 9.10. The summed E-state index contributed by atoms with van der Waals surface area (Å²) in [4.78, 5) is 27.9. The zero-order chi connectivity index (χ0) is 25.8. The Hall–Kier alpha value is -2.10. The number of halogens is 2. The van der Waals surface area contributed by atoms with Crippen LogP contribution in [-0.4, -0.2) is 49.5 Å². The van der Waals surface area contributed by atoms with E-state index < -0.39 is 34.1 Å². The van der Waals surface area contributed by atoms with Crippen LogP contribution in [0.25, 0.3) is 0 Å². The maximum absolute atomic E-state index is 13.6. The molecule has 0 radical (unpaired) electrons. The number of aryl methyl sites for hydroxylation is 1. The van der Waals surface area contributed by atoms with E-state index in [-0.39, 0.29) is 12.5 Å². The number of sulfonamides is 1. The van der Waals surface area contributed by atoms with Gasteiger partial charge in [-0.05, 0) is 70.0 Å². The molecule has 0 aromatic heterocycles. The molecule has 1 unspecified atom stereocenters. The first-order chi connectivity index (χ1) is 15.6. The summed E-state index contributed by atoms with van der Waals surface area (Å²) in [5.74, 6) is -0.845. The fraction of sp³-hybridized carbons (Fsp3) is 0.417. The van der Waals surface area contributed by atoms with Gasteiger partial charge in [-0.15, -0.1) is 0 Å². The molecule has 34 heavy (non-hydrogen) atoms. The predicted molar refractivity (Wildman–Crippen MR) is 140 cm³/mol. The summed E-state index contributed by atoms with van der Waals surface area (Å²) in [6, 6.07) is 11.4. The van der Waals surface area contributed by atoms with Crippen LogP contribution in [0.3, 0.4) is 0 Å². The summed E-state index contributed by atoms with van der Waals surface area (Å²) in [6.45, 7) is 8.59. The molecule has 0 aliphatic carbocycles. The van der Waals surface area contributed by atoms with Gasteiger partial charge in [-0.3, -0.25) is 13.9 Å². The highest BCUT2D eigenvalue weighted by Crippen LogP contribution is 2.27. The minimum absolute atomic E-state index is 0.128. The Labute approximate surface area is 215 Å². The standard InChI is InChI=1S/C24H31BrClN3O4S/c1-16-10-11-20(26)13-21(16)29(34(6,32)33)15-22(30)28(14-18-8-7-9-19(25)12-18)17(2)23(31)27-24(3,4)5/h7-13,17H,14-15H2,1-6H3,(H,27,31). The maximum Gasteiger partial charge on any atom is 0.244 e. The molecule has 10 heteroatoms. The number of anilines is 1. The minimum atomic E-state index is -3.82. The van der Waals surface area contributed by atoms with Crippen LogP contribution in [0.4, 0.5) is 5.69 Å². The third-order valence-electron chi connectivity index (χ3n) is 5.03. The summed E-state index contributed by atoms with van der Waals surface area (Å²) in [7, 11) is -3.82. The zero-order valence-corrected chi connectivity index (χ0v) is 23.4. The average Bonchev–Trinajstić information content (AvgIpc) is 2.69. The Kier molecular flexibility index (Phi) is 9.18. The molecule has 1 atom stereocenters. The van der Waals surface area contributed by atoms with Crippen LogP contribution in [0.2, 0.25) is 5.02 Å². The Morgan fingerprint density at radius 2 is 1.79 bits per heavy atom. The highest BCUT2D eigenvalue weighted by atomic mass is 79.9. The maximum atomic E-state index is 13.6. The van der Waals surface area contributed by atoms with Crippen LogP contribution in [0.5, 0.6) is 0 Å². The second-order valence-electron chi connectivity index (χ2n) is 9.27. The van der Waals surface area contributed by atoms with Crippen LogP contribution in [0, 0.1) is 6.92 Å². The number of nitrogens with zero attached hydrogens (tertiary/aromatic N) is 2. The van der Waals surface area contributed by atoms with Gasteiger partial charge in [-0.1, -0.05) is 45.7 Å². The summed E-state index contributed by atoms with van der Waals surface area (Å²) in [5, 5.41) is 3.24. The smallest absolute Gasteiger partial charge is 0.244 e. The van der Waals surface area contributed by atoms with Gasteiger partial charge in [0.2, 0.25) is 21.8 Å². The minimum Gasteiger partial charge on any atom is -0.350 e. The van der Waals surface area contributed by atoms with E-state index in [1.54, 1.807) is 26.0 Å². The number of hydrogen-bond donors (Lipinski definition) is 1. The fourth-order valence-electron chi connectivity index (χ4n) is 3.33. The number of carbonyl (C=O) groups excluding carboxylic acids is 2. The molecule has 2 aromatic rings. The van der Waals surface area contributed by atoms with Crippen LogP contribution in [0.15, 0.2) is 46.9 Å². The van der Waals surface area contributed by atoms with E-state index in [0.717, 1.165) is 20.6 Å².